The number of nitrogens with two attached hydrogens (primary N) is 1. The predicted molar refractivity (Wildman–Crippen MR) is 69.9 cm³/mol. The van der Waals surface area contributed by atoms with Crippen molar-refractivity contribution in [3.8, 4) is 0 Å². The van der Waals surface area contributed by atoms with Crippen molar-refractivity contribution < 1.29 is 4.21 Å². The summed E-state index contributed by atoms with van der Waals surface area (Å²) in [5.74, 6) is 0.686. The zero-order valence-corrected chi connectivity index (χ0v) is 10.8. The molecule has 90 valence electrons. The normalized spacial score (nSPS) is 12.9. The van der Waals surface area contributed by atoms with E-state index in [1.165, 1.54) is 0 Å². The zero-order chi connectivity index (χ0) is 12.0. The second-order valence-electron chi connectivity index (χ2n) is 3.65. The number of nitrogen functional groups attached to an aromatic ring is 1. The Labute approximate surface area is 100 Å². The molecule has 0 saturated heterocycles. The summed E-state index contributed by atoms with van der Waals surface area (Å²) in [6.07, 6.45) is 0. The Hall–Kier alpha value is -0.870. The first kappa shape index (κ1) is 13.2. The Bertz CT molecular complexity index is 333. The fraction of sp³-hybridized carbons (Fsp3) is 0.500. The van der Waals surface area contributed by atoms with E-state index in [1.807, 2.05) is 12.1 Å². The predicted octanol–water partition coefficient (Wildman–Crippen LogP) is 1.72. The van der Waals surface area contributed by atoms with Gasteiger partial charge in [-0.25, -0.2) is 0 Å². The van der Waals surface area contributed by atoms with Crippen LogP contribution in [0.25, 0.3) is 0 Å². The molecule has 0 saturated carbocycles. The van der Waals surface area contributed by atoms with E-state index in [1.54, 1.807) is 12.1 Å². The van der Waals surface area contributed by atoms with E-state index in [9.17, 15) is 4.21 Å². The van der Waals surface area contributed by atoms with Gasteiger partial charge >= 0.3 is 0 Å². The van der Waals surface area contributed by atoms with Gasteiger partial charge in [0.15, 0.2) is 0 Å². The van der Waals surface area contributed by atoms with Crippen molar-refractivity contribution in [1.82, 2.24) is 4.90 Å². The number of nitrogens with zero attached hydrogens (tertiary/aromatic N) is 1. The maximum absolute atomic E-state index is 11.9. The lowest BCUT2D eigenvalue weighted by Gasteiger charge is -2.17. The van der Waals surface area contributed by atoms with Crippen LogP contribution in [0.2, 0.25) is 0 Å². The molecule has 0 heterocycles. The quantitative estimate of drug-likeness (QED) is 0.770. The second kappa shape index (κ2) is 6.66. The second-order valence-corrected chi connectivity index (χ2v) is 5.22. The van der Waals surface area contributed by atoms with Crippen LogP contribution >= 0.6 is 0 Å². The van der Waals surface area contributed by atoms with E-state index in [-0.39, 0.29) is 0 Å². The standard InChI is InChI=1S/C12H20N2OS/c1-3-14(4-2)9-10-16(15)12-7-5-11(13)6-8-12/h5-8H,3-4,9-10,13H2,1-2H3. The van der Waals surface area contributed by atoms with Crippen molar-refractivity contribution in [2.24, 2.45) is 0 Å². The molecule has 0 aliphatic rings. The first-order valence-electron chi connectivity index (χ1n) is 5.63. The van der Waals surface area contributed by atoms with Gasteiger partial charge in [0.05, 0.1) is 10.8 Å². The SMILES string of the molecule is CCN(CC)CCS(=O)c1ccc(N)cc1. The van der Waals surface area contributed by atoms with Gasteiger partial charge in [-0.3, -0.25) is 4.21 Å². The average Bonchev–Trinajstić information content (AvgIpc) is 2.31. The summed E-state index contributed by atoms with van der Waals surface area (Å²) in [6.45, 7) is 7.14. The molecule has 0 bridgehead atoms. The van der Waals surface area contributed by atoms with Crippen LogP contribution in [0.15, 0.2) is 29.2 Å². The summed E-state index contributed by atoms with van der Waals surface area (Å²) in [4.78, 5) is 3.14. The highest BCUT2D eigenvalue weighted by molar-refractivity contribution is 7.85. The molecule has 2 N–H and O–H groups in total. The molecule has 0 aliphatic carbocycles. The largest absolute Gasteiger partial charge is 0.399 e. The Kier molecular flexibility index (Phi) is 5.49. The first-order chi connectivity index (χ1) is 7.67. The van der Waals surface area contributed by atoms with Crippen molar-refractivity contribution in [2.75, 3.05) is 31.1 Å². The molecule has 1 aromatic carbocycles. The summed E-state index contributed by atoms with van der Waals surface area (Å²) in [7, 11) is -0.913. The van der Waals surface area contributed by atoms with Crippen molar-refractivity contribution in [3.63, 3.8) is 0 Å². The van der Waals surface area contributed by atoms with E-state index >= 15 is 0 Å². The Morgan fingerprint density at radius 3 is 2.25 bits per heavy atom. The highest BCUT2D eigenvalue weighted by Gasteiger charge is 2.06. The molecule has 0 amide bonds. The van der Waals surface area contributed by atoms with Crippen LogP contribution < -0.4 is 5.73 Å². The number of benzene rings is 1. The summed E-state index contributed by atoms with van der Waals surface area (Å²) in [5, 5.41) is 0. The van der Waals surface area contributed by atoms with Crippen molar-refractivity contribution in [3.05, 3.63) is 24.3 Å². The third-order valence-corrected chi connectivity index (χ3v) is 3.98. The lowest BCUT2D eigenvalue weighted by atomic mass is 10.3. The van der Waals surface area contributed by atoms with Crippen LogP contribution in [0.5, 0.6) is 0 Å². The minimum atomic E-state index is -0.913. The molecule has 0 aromatic heterocycles. The van der Waals surface area contributed by atoms with Gasteiger partial charge in [0.25, 0.3) is 0 Å². The number of anilines is 1. The Morgan fingerprint density at radius 1 is 1.19 bits per heavy atom. The van der Waals surface area contributed by atoms with Crippen LogP contribution in [0.4, 0.5) is 5.69 Å². The van der Waals surface area contributed by atoms with Gasteiger partial charge in [-0.05, 0) is 37.4 Å². The van der Waals surface area contributed by atoms with Gasteiger partial charge < -0.3 is 10.6 Å². The van der Waals surface area contributed by atoms with Gasteiger partial charge in [0.2, 0.25) is 0 Å². The van der Waals surface area contributed by atoms with Crippen LogP contribution in [-0.4, -0.2) is 34.5 Å². The van der Waals surface area contributed by atoms with Gasteiger partial charge in [0.1, 0.15) is 0 Å². The minimum absolute atomic E-state index is 0.686. The molecule has 4 heteroatoms. The molecule has 1 aromatic rings. The van der Waals surface area contributed by atoms with Gasteiger partial charge in [0, 0.05) is 22.9 Å². The van der Waals surface area contributed by atoms with E-state index in [0.29, 0.717) is 11.4 Å². The highest BCUT2D eigenvalue weighted by Crippen LogP contribution is 2.10. The van der Waals surface area contributed by atoms with E-state index in [0.717, 1.165) is 24.5 Å². The van der Waals surface area contributed by atoms with Gasteiger partial charge in [-0.1, -0.05) is 13.8 Å². The van der Waals surface area contributed by atoms with Crippen LogP contribution in [0, 0.1) is 0 Å². The molecule has 1 atom stereocenters. The summed E-state index contributed by atoms with van der Waals surface area (Å²) in [6, 6.07) is 7.27. The number of hydrogen-bond acceptors (Lipinski definition) is 3. The average molecular weight is 240 g/mol. The topological polar surface area (TPSA) is 46.3 Å². The molecule has 3 nitrogen and oxygen atoms in total. The van der Waals surface area contributed by atoms with Gasteiger partial charge in [-0.15, -0.1) is 0 Å². The lowest BCUT2D eigenvalue weighted by molar-refractivity contribution is 0.323. The van der Waals surface area contributed by atoms with Crippen molar-refractivity contribution >= 4 is 16.5 Å². The number of hydrogen-bond donors (Lipinski definition) is 1. The number of rotatable bonds is 6. The molecule has 1 unspecified atom stereocenters. The fourth-order valence-electron chi connectivity index (χ4n) is 1.49. The molecule has 0 radical (unpaired) electrons. The van der Waals surface area contributed by atoms with Crippen LogP contribution in [0.1, 0.15) is 13.8 Å². The molecule has 0 spiro atoms. The Balaban J connectivity index is 2.49. The molecule has 1 rings (SSSR count). The van der Waals surface area contributed by atoms with E-state index in [4.69, 9.17) is 5.73 Å². The third kappa shape index (κ3) is 3.94. The minimum Gasteiger partial charge on any atom is -0.399 e. The fourth-order valence-corrected chi connectivity index (χ4v) is 2.59. The monoisotopic (exact) mass is 240 g/mol. The van der Waals surface area contributed by atoms with E-state index < -0.39 is 10.8 Å². The summed E-state index contributed by atoms with van der Waals surface area (Å²) in [5.41, 5.74) is 6.30. The van der Waals surface area contributed by atoms with Crippen molar-refractivity contribution in [1.29, 1.82) is 0 Å². The molecule has 16 heavy (non-hydrogen) atoms. The molecular formula is C12H20N2OS. The summed E-state index contributed by atoms with van der Waals surface area (Å²) >= 11 is 0. The van der Waals surface area contributed by atoms with E-state index in [2.05, 4.69) is 18.7 Å². The smallest absolute Gasteiger partial charge is 0.0542 e. The first-order valence-corrected chi connectivity index (χ1v) is 6.95. The molecular weight excluding hydrogens is 220 g/mol. The summed E-state index contributed by atoms with van der Waals surface area (Å²) < 4.78 is 11.9. The third-order valence-electron chi connectivity index (χ3n) is 2.63. The molecule has 0 fully saturated rings. The van der Waals surface area contributed by atoms with Crippen LogP contribution in [0.3, 0.4) is 0 Å². The highest BCUT2D eigenvalue weighted by atomic mass is 32.2. The zero-order valence-electron chi connectivity index (χ0n) is 9.98. The Morgan fingerprint density at radius 2 is 1.75 bits per heavy atom. The van der Waals surface area contributed by atoms with Gasteiger partial charge in [-0.2, -0.15) is 0 Å². The maximum Gasteiger partial charge on any atom is 0.0542 e. The molecule has 0 aliphatic heterocycles. The maximum atomic E-state index is 11.9. The van der Waals surface area contributed by atoms with Crippen LogP contribution in [-0.2, 0) is 10.8 Å². The lowest BCUT2D eigenvalue weighted by Crippen LogP contribution is -2.27. The van der Waals surface area contributed by atoms with Crippen molar-refractivity contribution in [2.45, 2.75) is 18.7 Å².